The molecule has 100 valence electrons. The van der Waals surface area contributed by atoms with Gasteiger partial charge in [0.1, 0.15) is 24.1 Å². The van der Waals surface area contributed by atoms with E-state index in [1.165, 1.54) is 25.3 Å². The van der Waals surface area contributed by atoms with Crippen LogP contribution in [0.2, 0.25) is 5.02 Å². The van der Waals surface area contributed by atoms with Crippen LogP contribution in [0.1, 0.15) is 5.82 Å². The van der Waals surface area contributed by atoms with Crippen LogP contribution in [0.15, 0.2) is 24.3 Å². The van der Waals surface area contributed by atoms with E-state index in [1.54, 1.807) is 6.07 Å². The van der Waals surface area contributed by atoms with Crippen molar-refractivity contribution in [3.05, 3.63) is 40.9 Å². The number of benzene rings is 1. The summed E-state index contributed by atoms with van der Waals surface area (Å²) in [6, 6.07) is 5.65. The highest BCUT2D eigenvalue weighted by Gasteiger charge is 2.05. The van der Waals surface area contributed by atoms with Gasteiger partial charge in [-0.15, -0.1) is 0 Å². The Morgan fingerprint density at radius 3 is 2.79 bits per heavy atom. The van der Waals surface area contributed by atoms with E-state index < -0.39 is 5.82 Å². The molecule has 0 radical (unpaired) electrons. The molecule has 0 saturated carbocycles. The quantitative estimate of drug-likeness (QED) is 0.902. The number of hydrogen-bond acceptors (Lipinski definition) is 5. The molecule has 7 heteroatoms. The first-order valence-corrected chi connectivity index (χ1v) is 5.80. The van der Waals surface area contributed by atoms with E-state index in [-0.39, 0.29) is 6.61 Å². The zero-order valence-electron chi connectivity index (χ0n) is 10.2. The van der Waals surface area contributed by atoms with Crippen LogP contribution < -0.4 is 11.1 Å². The lowest BCUT2D eigenvalue weighted by molar-refractivity contribution is 0.178. The first kappa shape index (κ1) is 13.5. The molecule has 2 rings (SSSR count). The van der Waals surface area contributed by atoms with Gasteiger partial charge in [0, 0.05) is 23.9 Å². The SMILES string of the molecule is COCc1nc(N)cc(Nc2cc(F)cc(Cl)c2)n1. The number of nitrogen functional groups attached to an aromatic ring is 1. The van der Waals surface area contributed by atoms with E-state index in [0.29, 0.717) is 28.2 Å². The maximum Gasteiger partial charge on any atom is 0.158 e. The average Bonchev–Trinajstić information content (AvgIpc) is 2.26. The van der Waals surface area contributed by atoms with E-state index >= 15 is 0 Å². The summed E-state index contributed by atoms with van der Waals surface area (Å²) in [7, 11) is 1.53. The van der Waals surface area contributed by atoms with Gasteiger partial charge in [0.25, 0.3) is 0 Å². The number of nitrogens with zero attached hydrogens (tertiary/aromatic N) is 2. The zero-order chi connectivity index (χ0) is 13.8. The average molecular weight is 283 g/mol. The van der Waals surface area contributed by atoms with Crippen LogP contribution >= 0.6 is 11.6 Å². The van der Waals surface area contributed by atoms with Crippen LogP contribution in [0, 0.1) is 5.82 Å². The fourth-order valence-corrected chi connectivity index (χ4v) is 1.77. The number of aromatic nitrogens is 2. The third kappa shape index (κ3) is 3.77. The predicted octanol–water partition coefficient (Wildman–Crippen LogP) is 2.74. The number of methoxy groups -OCH3 is 1. The lowest BCUT2D eigenvalue weighted by Crippen LogP contribution is -2.04. The Balaban J connectivity index is 2.27. The van der Waals surface area contributed by atoms with Gasteiger partial charge < -0.3 is 15.8 Å². The Hall–Kier alpha value is -1.92. The number of ether oxygens (including phenoxy) is 1. The molecule has 1 aromatic carbocycles. The molecule has 1 heterocycles. The molecule has 0 bridgehead atoms. The zero-order valence-corrected chi connectivity index (χ0v) is 10.9. The molecule has 19 heavy (non-hydrogen) atoms. The lowest BCUT2D eigenvalue weighted by Gasteiger charge is -2.08. The number of nitrogens with two attached hydrogens (primary N) is 1. The van der Waals surface area contributed by atoms with Crippen LogP contribution in [0.4, 0.5) is 21.7 Å². The molecule has 0 aliphatic heterocycles. The van der Waals surface area contributed by atoms with Crippen LogP contribution in [-0.4, -0.2) is 17.1 Å². The molecule has 0 fully saturated rings. The topological polar surface area (TPSA) is 73.1 Å². The second-order valence-electron chi connectivity index (χ2n) is 3.81. The second-order valence-corrected chi connectivity index (χ2v) is 4.25. The van der Waals surface area contributed by atoms with Crippen LogP contribution in [0.25, 0.3) is 0 Å². The third-order valence-corrected chi connectivity index (χ3v) is 2.42. The molecule has 5 nitrogen and oxygen atoms in total. The highest BCUT2D eigenvalue weighted by atomic mass is 35.5. The third-order valence-electron chi connectivity index (χ3n) is 2.20. The number of nitrogens with one attached hydrogen (secondary N) is 1. The van der Waals surface area contributed by atoms with Crippen molar-refractivity contribution in [2.24, 2.45) is 0 Å². The highest BCUT2D eigenvalue weighted by molar-refractivity contribution is 6.30. The van der Waals surface area contributed by atoms with Crippen molar-refractivity contribution in [1.29, 1.82) is 0 Å². The molecule has 0 aliphatic rings. The van der Waals surface area contributed by atoms with Crippen LogP contribution in [-0.2, 0) is 11.3 Å². The number of hydrogen-bond donors (Lipinski definition) is 2. The molecule has 1 aromatic heterocycles. The molecular formula is C12H12ClFN4O. The normalized spacial score (nSPS) is 10.5. The summed E-state index contributed by atoms with van der Waals surface area (Å²) in [4.78, 5) is 8.19. The van der Waals surface area contributed by atoms with Crippen molar-refractivity contribution in [2.45, 2.75) is 6.61 Å². The Morgan fingerprint density at radius 1 is 1.32 bits per heavy atom. The van der Waals surface area contributed by atoms with E-state index in [0.717, 1.165) is 0 Å². The molecular weight excluding hydrogens is 271 g/mol. The summed E-state index contributed by atoms with van der Waals surface area (Å²) >= 11 is 5.77. The summed E-state index contributed by atoms with van der Waals surface area (Å²) in [5.74, 6) is 0.745. The van der Waals surface area contributed by atoms with Crippen molar-refractivity contribution >= 4 is 28.9 Å². The molecule has 0 saturated heterocycles. The maximum absolute atomic E-state index is 13.2. The minimum Gasteiger partial charge on any atom is -0.384 e. The van der Waals surface area contributed by atoms with E-state index in [9.17, 15) is 4.39 Å². The van der Waals surface area contributed by atoms with Crippen molar-refractivity contribution in [3.63, 3.8) is 0 Å². The smallest absolute Gasteiger partial charge is 0.158 e. The van der Waals surface area contributed by atoms with Gasteiger partial charge in [-0.1, -0.05) is 11.6 Å². The summed E-state index contributed by atoms with van der Waals surface area (Å²) in [5, 5.41) is 3.21. The van der Waals surface area contributed by atoms with Gasteiger partial charge in [0.2, 0.25) is 0 Å². The Kier molecular flexibility index (Phi) is 4.13. The first-order chi connectivity index (χ1) is 9.06. The summed E-state index contributed by atoms with van der Waals surface area (Å²) in [5.41, 5.74) is 6.13. The van der Waals surface area contributed by atoms with Crippen molar-refractivity contribution in [2.75, 3.05) is 18.2 Å². The Labute approximate surface area is 114 Å². The molecule has 2 aromatic rings. The van der Waals surface area contributed by atoms with Gasteiger partial charge >= 0.3 is 0 Å². The van der Waals surface area contributed by atoms with Crippen LogP contribution in [0.3, 0.4) is 0 Å². The van der Waals surface area contributed by atoms with Gasteiger partial charge in [0.05, 0.1) is 0 Å². The van der Waals surface area contributed by atoms with Crippen LogP contribution in [0.5, 0.6) is 0 Å². The fourth-order valence-electron chi connectivity index (χ4n) is 1.55. The molecule has 0 spiro atoms. The summed E-state index contributed by atoms with van der Waals surface area (Å²) in [6.07, 6.45) is 0. The minimum absolute atomic E-state index is 0.240. The fraction of sp³-hybridized carbons (Fsp3) is 0.167. The van der Waals surface area contributed by atoms with E-state index in [4.69, 9.17) is 22.1 Å². The summed E-state index contributed by atoms with van der Waals surface area (Å²) in [6.45, 7) is 0.240. The Morgan fingerprint density at radius 2 is 2.11 bits per heavy atom. The van der Waals surface area contributed by atoms with Gasteiger partial charge in [-0.2, -0.15) is 0 Å². The minimum atomic E-state index is -0.436. The van der Waals surface area contributed by atoms with Gasteiger partial charge in [-0.05, 0) is 18.2 Å². The molecule has 0 aliphatic carbocycles. The number of anilines is 3. The predicted molar refractivity (Wildman–Crippen MR) is 71.9 cm³/mol. The van der Waals surface area contributed by atoms with Gasteiger partial charge in [-0.25, -0.2) is 14.4 Å². The standard InChI is InChI=1S/C12H12ClFN4O/c1-19-6-12-17-10(15)5-11(18-12)16-9-3-7(13)2-8(14)4-9/h2-5H,6H2,1H3,(H3,15,16,17,18). The van der Waals surface area contributed by atoms with E-state index in [2.05, 4.69) is 15.3 Å². The number of halogens is 2. The Bertz CT molecular complexity index is 574. The van der Waals surface area contributed by atoms with Gasteiger partial charge in [0.15, 0.2) is 5.82 Å². The lowest BCUT2D eigenvalue weighted by atomic mass is 10.3. The van der Waals surface area contributed by atoms with Crippen molar-refractivity contribution < 1.29 is 9.13 Å². The molecule has 0 atom stereocenters. The van der Waals surface area contributed by atoms with Gasteiger partial charge in [-0.3, -0.25) is 0 Å². The van der Waals surface area contributed by atoms with Crippen molar-refractivity contribution in [3.8, 4) is 0 Å². The maximum atomic E-state index is 13.2. The first-order valence-electron chi connectivity index (χ1n) is 5.42. The highest BCUT2D eigenvalue weighted by Crippen LogP contribution is 2.21. The largest absolute Gasteiger partial charge is 0.384 e. The monoisotopic (exact) mass is 282 g/mol. The van der Waals surface area contributed by atoms with E-state index in [1.807, 2.05) is 0 Å². The van der Waals surface area contributed by atoms with Crippen molar-refractivity contribution in [1.82, 2.24) is 9.97 Å². The molecule has 3 N–H and O–H groups in total. The second kappa shape index (κ2) is 5.81. The summed E-state index contributed by atoms with van der Waals surface area (Å²) < 4.78 is 18.1. The molecule has 0 unspecified atom stereocenters. The molecule has 0 amide bonds. The number of rotatable bonds is 4.